The third-order valence-corrected chi connectivity index (χ3v) is 4.76. The molecule has 1 aliphatic heterocycles. The Hall–Kier alpha value is -2.47. The molecule has 4 nitrogen and oxygen atoms in total. The molecule has 2 aromatic rings. The molecule has 2 atom stereocenters. The number of nitrogens with one attached hydrogen (secondary N) is 2. The first-order valence-electron chi connectivity index (χ1n) is 9.26. The van der Waals surface area contributed by atoms with Crippen LogP contribution in [0.1, 0.15) is 30.7 Å². The van der Waals surface area contributed by atoms with E-state index in [1.807, 2.05) is 30.3 Å². The van der Waals surface area contributed by atoms with Crippen molar-refractivity contribution in [2.24, 2.45) is 0 Å². The van der Waals surface area contributed by atoms with E-state index in [-0.39, 0.29) is 17.9 Å². The van der Waals surface area contributed by atoms with Gasteiger partial charge < -0.3 is 15.4 Å². The highest BCUT2D eigenvalue weighted by atomic mass is 19.2. The molecule has 1 heterocycles. The van der Waals surface area contributed by atoms with Crippen LogP contribution in [-0.2, 0) is 4.79 Å². The fourth-order valence-corrected chi connectivity index (χ4v) is 3.37. The molecule has 0 spiro atoms. The molecule has 3 rings (SSSR count). The van der Waals surface area contributed by atoms with Gasteiger partial charge >= 0.3 is 0 Å². The van der Waals surface area contributed by atoms with Gasteiger partial charge in [-0.05, 0) is 49.2 Å². The maximum Gasteiger partial charge on any atom is 0.220 e. The summed E-state index contributed by atoms with van der Waals surface area (Å²) >= 11 is 0. The van der Waals surface area contributed by atoms with Crippen LogP contribution in [0.2, 0.25) is 0 Å². The molecule has 27 heavy (non-hydrogen) atoms. The monoisotopic (exact) mass is 374 g/mol. The number of piperidine rings is 1. The average Bonchev–Trinajstić information content (AvgIpc) is 2.69. The summed E-state index contributed by atoms with van der Waals surface area (Å²) < 4.78 is 32.4. The average molecular weight is 374 g/mol. The van der Waals surface area contributed by atoms with E-state index in [2.05, 4.69) is 10.6 Å². The highest BCUT2D eigenvalue weighted by molar-refractivity contribution is 5.76. The van der Waals surface area contributed by atoms with Gasteiger partial charge in [-0.2, -0.15) is 0 Å². The highest BCUT2D eigenvalue weighted by Crippen LogP contribution is 2.27. The minimum Gasteiger partial charge on any atom is -0.494 e. The predicted molar refractivity (Wildman–Crippen MR) is 99.7 cm³/mol. The first kappa shape index (κ1) is 19.3. The maximum absolute atomic E-state index is 13.6. The summed E-state index contributed by atoms with van der Waals surface area (Å²) in [6.07, 6.45) is 1.72. The molecule has 144 valence electrons. The van der Waals surface area contributed by atoms with Crippen LogP contribution in [0.15, 0.2) is 48.5 Å². The Morgan fingerprint density at radius 2 is 1.96 bits per heavy atom. The molecule has 2 unspecified atom stereocenters. The van der Waals surface area contributed by atoms with E-state index >= 15 is 0 Å². The zero-order valence-corrected chi connectivity index (χ0v) is 15.1. The van der Waals surface area contributed by atoms with E-state index in [0.29, 0.717) is 31.6 Å². The fourth-order valence-electron chi connectivity index (χ4n) is 3.37. The lowest BCUT2D eigenvalue weighted by atomic mass is 9.86. The number of halogens is 2. The number of hydrogen-bond acceptors (Lipinski definition) is 3. The second-order valence-electron chi connectivity index (χ2n) is 6.71. The quantitative estimate of drug-likeness (QED) is 0.731. The van der Waals surface area contributed by atoms with Crippen molar-refractivity contribution in [1.82, 2.24) is 10.6 Å². The molecule has 2 aromatic carbocycles. The third kappa shape index (κ3) is 5.50. The Morgan fingerprint density at radius 1 is 1.15 bits per heavy atom. The Morgan fingerprint density at radius 3 is 2.74 bits per heavy atom. The van der Waals surface area contributed by atoms with Crippen molar-refractivity contribution in [3.63, 3.8) is 0 Å². The van der Waals surface area contributed by atoms with Crippen LogP contribution in [0, 0.1) is 11.6 Å². The normalized spacial score (nSPS) is 19.5. The molecule has 1 aliphatic rings. The Balaban J connectivity index is 1.49. The fraction of sp³-hybridized carbons (Fsp3) is 0.381. The molecule has 0 aliphatic carbocycles. The van der Waals surface area contributed by atoms with Crippen LogP contribution < -0.4 is 15.4 Å². The van der Waals surface area contributed by atoms with Gasteiger partial charge in [-0.15, -0.1) is 0 Å². The van der Waals surface area contributed by atoms with E-state index in [9.17, 15) is 13.6 Å². The summed E-state index contributed by atoms with van der Waals surface area (Å²) in [5.74, 6) is -1.02. The van der Waals surface area contributed by atoms with Crippen LogP contribution in [-0.4, -0.2) is 31.6 Å². The number of carbonyl (C=O) groups excluding carboxylic acids is 1. The maximum atomic E-state index is 13.6. The van der Waals surface area contributed by atoms with Gasteiger partial charge in [0.15, 0.2) is 11.6 Å². The zero-order chi connectivity index (χ0) is 19.1. The van der Waals surface area contributed by atoms with E-state index in [0.717, 1.165) is 24.8 Å². The molecule has 0 aromatic heterocycles. The molecule has 0 bridgehead atoms. The second-order valence-corrected chi connectivity index (χ2v) is 6.71. The van der Waals surface area contributed by atoms with Crippen LogP contribution >= 0.6 is 0 Å². The number of hydrogen-bond donors (Lipinski definition) is 2. The molecule has 1 fully saturated rings. The number of amides is 1. The predicted octanol–water partition coefficient (Wildman–Crippen LogP) is 3.39. The Kier molecular flexibility index (Phi) is 6.76. The second kappa shape index (κ2) is 9.46. The lowest BCUT2D eigenvalue weighted by Crippen LogP contribution is -2.50. The number of para-hydroxylation sites is 1. The topological polar surface area (TPSA) is 50.4 Å². The van der Waals surface area contributed by atoms with Crippen LogP contribution in [0.25, 0.3) is 0 Å². The Bertz CT molecular complexity index is 755. The van der Waals surface area contributed by atoms with Gasteiger partial charge in [0.05, 0.1) is 6.61 Å². The minimum absolute atomic E-state index is 0.0362. The summed E-state index contributed by atoms with van der Waals surface area (Å²) in [6.45, 7) is 1.85. The smallest absolute Gasteiger partial charge is 0.220 e. The van der Waals surface area contributed by atoms with Crippen molar-refractivity contribution < 1.29 is 18.3 Å². The molecule has 1 amide bonds. The van der Waals surface area contributed by atoms with Crippen molar-refractivity contribution in [2.75, 3.05) is 19.7 Å². The van der Waals surface area contributed by atoms with Crippen molar-refractivity contribution in [3.8, 4) is 5.75 Å². The van der Waals surface area contributed by atoms with Gasteiger partial charge in [0.25, 0.3) is 0 Å². The minimum atomic E-state index is -0.855. The SMILES string of the molecule is O=C(CCCOc1ccccc1)NC1CNCCC1c1ccc(F)c(F)c1. The molecule has 2 N–H and O–H groups in total. The third-order valence-electron chi connectivity index (χ3n) is 4.76. The largest absolute Gasteiger partial charge is 0.494 e. The van der Waals surface area contributed by atoms with Crippen LogP contribution in [0.4, 0.5) is 8.78 Å². The molecule has 6 heteroatoms. The molecule has 0 radical (unpaired) electrons. The van der Waals surface area contributed by atoms with Gasteiger partial charge in [-0.1, -0.05) is 24.3 Å². The highest BCUT2D eigenvalue weighted by Gasteiger charge is 2.28. The summed E-state index contributed by atoms with van der Waals surface area (Å²) in [4.78, 5) is 12.3. The number of carbonyl (C=O) groups is 1. The molecule has 0 saturated carbocycles. The number of benzene rings is 2. The van der Waals surface area contributed by atoms with E-state index < -0.39 is 11.6 Å². The van der Waals surface area contributed by atoms with Gasteiger partial charge in [0.2, 0.25) is 5.91 Å². The van der Waals surface area contributed by atoms with E-state index in [1.165, 1.54) is 6.07 Å². The van der Waals surface area contributed by atoms with Crippen LogP contribution in [0.3, 0.4) is 0 Å². The first-order valence-corrected chi connectivity index (χ1v) is 9.26. The van der Waals surface area contributed by atoms with E-state index in [4.69, 9.17) is 4.74 Å². The van der Waals surface area contributed by atoms with Crippen molar-refractivity contribution in [1.29, 1.82) is 0 Å². The van der Waals surface area contributed by atoms with Gasteiger partial charge in [0.1, 0.15) is 5.75 Å². The summed E-state index contributed by atoms with van der Waals surface area (Å²) in [5.41, 5.74) is 0.716. The standard InChI is InChI=1S/C21H24F2N2O2/c22-18-9-8-15(13-19(18)23)17-10-11-24-14-20(17)25-21(26)7-4-12-27-16-5-2-1-3-6-16/h1-3,5-6,8-9,13,17,20,24H,4,7,10-12,14H2,(H,25,26). The summed E-state index contributed by atoms with van der Waals surface area (Å²) in [6, 6.07) is 13.3. The number of ether oxygens (including phenoxy) is 1. The van der Waals surface area contributed by atoms with Gasteiger partial charge in [-0.3, -0.25) is 4.79 Å². The van der Waals surface area contributed by atoms with Gasteiger partial charge in [-0.25, -0.2) is 8.78 Å². The number of rotatable bonds is 7. The molecule has 1 saturated heterocycles. The molecular weight excluding hydrogens is 350 g/mol. The van der Waals surface area contributed by atoms with Crippen molar-refractivity contribution in [2.45, 2.75) is 31.2 Å². The molecular formula is C21H24F2N2O2. The van der Waals surface area contributed by atoms with Crippen LogP contribution in [0.5, 0.6) is 5.75 Å². The lowest BCUT2D eigenvalue weighted by Gasteiger charge is -2.33. The summed E-state index contributed by atoms with van der Waals surface area (Å²) in [7, 11) is 0. The van der Waals surface area contributed by atoms with Gasteiger partial charge in [0, 0.05) is 24.9 Å². The van der Waals surface area contributed by atoms with Crippen molar-refractivity contribution >= 4 is 5.91 Å². The van der Waals surface area contributed by atoms with E-state index in [1.54, 1.807) is 6.07 Å². The summed E-state index contributed by atoms with van der Waals surface area (Å²) in [5, 5.41) is 6.27. The zero-order valence-electron chi connectivity index (χ0n) is 15.1. The van der Waals surface area contributed by atoms with Crippen molar-refractivity contribution in [3.05, 3.63) is 65.7 Å². The first-order chi connectivity index (χ1) is 13.1. The Labute approximate surface area is 157 Å². The lowest BCUT2D eigenvalue weighted by molar-refractivity contribution is -0.122.